The first-order chi connectivity index (χ1) is 9.11. The van der Waals surface area contributed by atoms with Crippen LogP contribution in [0.3, 0.4) is 0 Å². The van der Waals surface area contributed by atoms with Crippen LogP contribution in [0.4, 0.5) is 4.39 Å². The monoisotopic (exact) mass is 278 g/mol. The lowest BCUT2D eigenvalue weighted by Gasteiger charge is -2.28. The lowest BCUT2D eigenvalue weighted by atomic mass is 10.00. The standard InChI is InChI=1S/C15H19FN2S/c1-11-5-6-12(16)8-14(11)15(9-17)18(2)10-13-4-3-7-19-13/h3-8,15H,9-10,17H2,1-2H3. The highest BCUT2D eigenvalue weighted by atomic mass is 32.1. The summed E-state index contributed by atoms with van der Waals surface area (Å²) in [6.45, 7) is 3.30. The van der Waals surface area contributed by atoms with E-state index in [1.165, 1.54) is 10.9 Å². The molecule has 0 aliphatic carbocycles. The number of halogens is 1. The summed E-state index contributed by atoms with van der Waals surface area (Å²) in [5, 5.41) is 2.06. The van der Waals surface area contributed by atoms with Crippen molar-refractivity contribution in [1.29, 1.82) is 0 Å². The molecule has 2 aromatic rings. The zero-order chi connectivity index (χ0) is 13.8. The SMILES string of the molecule is Cc1ccc(F)cc1C(CN)N(C)Cc1cccs1. The van der Waals surface area contributed by atoms with Crippen molar-refractivity contribution in [2.24, 2.45) is 5.73 Å². The lowest BCUT2D eigenvalue weighted by molar-refractivity contribution is 0.242. The third kappa shape index (κ3) is 3.41. The van der Waals surface area contributed by atoms with Gasteiger partial charge in [-0.05, 0) is 48.7 Å². The van der Waals surface area contributed by atoms with Crippen molar-refractivity contribution in [3.63, 3.8) is 0 Å². The molecular weight excluding hydrogens is 259 g/mol. The van der Waals surface area contributed by atoms with E-state index in [4.69, 9.17) is 5.73 Å². The van der Waals surface area contributed by atoms with Crippen molar-refractivity contribution in [2.75, 3.05) is 13.6 Å². The molecule has 0 aliphatic heterocycles. The van der Waals surface area contributed by atoms with Gasteiger partial charge in [-0.2, -0.15) is 0 Å². The van der Waals surface area contributed by atoms with Crippen molar-refractivity contribution in [3.8, 4) is 0 Å². The van der Waals surface area contributed by atoms with Crippen LogP contribution in [0.15, 0.2) is 35.7 Å². The molecule has 0 spiro atoms. The van der Waals surface area contributed by atoms with E-state index >= 15 is 0 Å². The molecule has 1 aromatic carbocycles. The summed E-state index contributed by atoms with van der Waals surface area (Å²) < 4.78 is 13.4. The van der Waals surface area contributed by atoms with Gasteiger partial charge in [-0.3, -0.25) is 4.90 Å². The second-order valence-corrected chi connectivity index (χ2v) is 5.78. The van der Waals surface area contributed by atoms with Gasteiger partial charge >= 0.3 is 0 Å². The predicted octanol–water partition coefficient (Wildman–Crippen LogP) is 3.33. The van der Waals surface area contributed by atoms with Crippen LogP contribution in [0, 0.1) is 12.7 Å². The summed E-state index contributed by atoms with van der Waals surface area (Å²) in [7, 11) is 2.03. The number of hydrogen-bond acceptors (Lipinski definition) is 3. The maximum atomic E-state index is 13.4. The molecule has 4 heteroatoms. The second kappa shape index (κ2) is 6.28. The Hall–Kier alpha value is -1.23. The molecule has 102 valence electrons. The molecule has 0 bridgehead atoms. The van der Waals surface area contributed by atoms with Gasteiger partial charge in [0, 0.05) is 24.0 Å². The third-order valence-corrected chi connectivity index (χ3v) is 4.20. The third-order valence-electron chi connectivity index (χ3n) is 3.34. The number of likely N-dealkylation sites (N-methyl/N-ethyl adjacent to an activating group) is 1. The molecule has 0 fully saturated rings. The minimum atomic E-state index is -0.205. The normalized spacial score (nSPS) is 12.9. The molecule has 0 radical (unpaired) electrons. The molecule has 0 aliphatic rings. The molecule has 0 saturated heterocycles. The Labute approximate surface area is 117 Å². The zero-order valence-corrected chi connectivity index (χ0v) is 12.1. The van der Waals surface area contributed by atoms with E-state index in [0.29, 0.717) is 6.54 Å². The maximum Gasteiger partial charge on any atom is 0.123 e. The topological polar surface area (TPSA) is 29.3 Å². The Morgan fingerprint density at radius 1 is 1.37 bits per heavy atom. The molecule has 1 aromatic heterocycles. The van der Waals surface area contributed by atoms with Gasteiger partial charge < -0.3 is 5.73 Å². The summed E-state index contributed by atoms with van der Waals surface area (Å²) in [5.74, 6) is -0.205. The van der Waals surface area contributed by atoms with E-state index in [9.17, 15) is 4.39 Å². The van der Waals surface area contributed by atoms with Gasteiger partial charge in [0.2, 0.25) is 0 Å². The smallest absolute Gasteiger partial charge is 0.123 e. The molecule has 0 saturated carbocycles. The van der Waals surface area contributed by atoms with Gasteiger partial charge in [0.25, 0.3) is 0 Å². The van der Waals surface area contributed by atoms with Crippen LogP contribution in [0.2, 0.25) is 0 Å². The molecule has 0 amide bonds. The quantitative estimate of drug-likeness (QED) is 0.909. The fourth-order valence-electron chi connectivity index (χ4n) is 2.27. The first kappa shape index (κ1) is 14.2. The van der Waals surface area contributed by atoms with E-state index < -0.39 is 0 Å². The van der Waals surface area contributed by atoms with Gasteiger partial charge in [-0.1, -0.05) is 12.1 Å². The molecular formula is C15H19FN2S. The highest BCUT2D eigenvalue weighted by molar-refractivity contribution is 7.09. The highest BCUT2D eigenvalue weighted by Gasteiger charge is 2.18. The highest BCUT2D eigenvalue weighted by Crippen LogP contribution is 2.25. The molecule has 1 unspecified atom stereocenters. The second-order valence-electron chi connectivity index (χ2n) is 4.75. The van der Waals surface area contributed by atoms with Crippen LogP contribution in [0.1, 0.15) is 22.0 Å². The van der Waals surface area contributed by atoms with Crippen molar-refractivity contribution >= 4 is 11.3 Å². The van der Waals surface area contributed by atoms with Gasteiger partial charge in [-0.15, -0.1) is 11.3 Å². The van der Waals surface area contributed by atoms with E-state index in [0.717, 1.165) is 17.7 Å². The summed E-state index contributed by atoms with van der Waals surface area (Å²) in [6, 6.07) is 9.08. The Kier molecular flexibility index (Phi) is 4.69. The minimum Gasteiger partial charge on any atom is -0.329 e. The first-order valence-corrected chi connectivity index (χ1v) is 7.18. The van der Waals surface area contributed by atoms with Crippen LogP contribution in [-0.2, 0) is 6.54 Å². The van der Waals surface area contributed by atoms with Gasteiger partial charge in [-0.25, -0.2) is 4.39 Å². The molecule has 1 heterocycles. The van der Waals surface area contributed by atoms with Crippen LogP contribution < -0.4 is 5.73 Å². The zero-order valence-electron chi connectivity index (χ0n) is 11.3. The van der Waals surface area contributed by atoms with Crippen LogP contribution in [0.25, 0.3) is 0 Å². The first-order valence-electron chi connectivity index (χ1n) is 6.30. The van der Waals surface area contributed by atoms with Crippen molar-refractivity contribution in [1.82, 2.24) is 4.90 Å². The van der Waals surface area contributed by atoms with E-state index in [-0.39, 0.29) is 11.9 Å². The van der Waals surface area contributed by atoms with Crippen molar-refractivity contribution in [2.45, 2.75) is 19.5 Å². The van der Waals surface area contributed by atoms with Gasteiger partial charge in [0.15, 0.2) is 0 Å². The molecule has 1 atom stereocenters. The summed E-state index contributed by atoms with van der Waals surface area (Å²) in [6.07, 6.45) is 0. The Balaban J connectivity index is 2.21. The van der Waals surface area contributed by atoms with Crippen molar-refractivity contribution < 1.29 is 4.39 Å². The molecule has 2 nitrogen and oxygen atoms in total. The fourth-order valence-corrected chi connectivity index (χ4v) is 3.04. The molecule has 19 heavy (non-hydrogen) atoms. The Morgan fingerprint density at radius 2 is 2.16 bits per heavy atom. The summed E-state index contributed by atoms with van der Waals surface area (Å²) >= 11 is 1.73. The van der Waals surface area contributed by atoms with E-state index in [1.807, 2.05) is 26.1 Å². The lowest BCUT2D eigenvalue weighted by Crippen LogP contribution is -2.30. The van der Waals surface area contributed by atoms with Gasteiger partial charge in [0.05, 0.1) is 0 Å². The number of rotatable bonds is 5. The number of thiophene rings is 1. The summed E-state index contributed by atoms with van der Waals surface area (Å²) in [4.78, 5) is 3.46. The predicted molar refractivity (Wildman–Crippen MR) is 78.7 cm³/mol. The fraction of sp³-hybridized carbons (Fsp3) is 0.333. The number of nitrogens with two attached hydrogens (primary N) is 1. The maximum absolute atomic E-state index is 13.4. The van der Waals surface area contributed by atoms with Gasteiger partial charge in [0.1, 0.15) is 5.82 Å². The largest absolute Gasteiger partial charge is 0.329 e. The average Bonchev–Trinajstić information content (AvgIpc) is 2.87. The van der Waals surface area contributed by atoms with E-state index in [2.05, 4.69) is 16.3 Å². The van der Waals surface area contributed by atoms with Crippen LogP contribution >= 0.6 is 11.3 Å². The minimum absolute atomic E-state index is 0.0396. The summed E-state index contributed by atoms with van der Waals surface area (Å²) in [5.41, 5.74) is 7.95. The number of aryl methyl sites for hydroxylation is 1. The van der Waals surface area contributed by atoms with E-state index in [1.54, 1.807) is 17.4 Å². The van der Waals surface area contributed by atoms with Crippen molar-refractivity contribution in [3.05, 3.63) is 57.5 Å². The molecule has 2 rings (SSSR count). The van der Waals surface area contributed by atoms with Crippen LogP contribution in [-0.4, -0.2) is 18.5 Å². The number of nitrogens with zero attached hydrogens (tertiary/aromatic N) is 1. The Morgan fingerprint density at radius 3 is 2.79 bits per heavy atom. The average molecular weight is 278 g/mol. The Bertz CT molecular complexity index is 525. The van der Waals surface area contributed by atoms with Crippen LogP contribution in [0.5, 0.6) is 0 Å². The molecule has 2 N–H and O–H groups in total. The number of benzene rings is 1. The number of hydrogen-bond donors (Lipinski definition) is 1.